The lowest BCUT2D eigenvalue weighted by atomic mass is 10.2. The number of nitrogens with zero attached hydrogens (tertiary/aromatic N) is 2. The van der Waals surface area contributed by atoms with Crippen molar-refractivity contribution in [1.82, 2.24) is 9.97 Å². The molecule has 0 radical (unpaired) electrons. The van der Waals surface area contributed by atoms with Crippen molar-refractivity contribution in [2.24, 2.45) is 0 Å². The van der Waals surface area contributed by atoms with Gasteiger partial charge < -0.3 is 16.4 Å². The molecule has 2 rings (SSSR count). The Hall–Kier alpha value is -2.44. The summed E-state index contributed by atoms with van der Waals surface area (Å²) in [7, 11) is 0. The maximum atomic E-state index is 13.5. The van der Waals surface area contributed by atoms with Crippen LogP contribution in [0.15, 0.2) is 24.3 Å². The predicted octanol–water partition coefficient (Wildman–Crippen LogP) is 2.38. The quantitative estimate of drug-likeness (QED) is 0.783. The monoisotopic (exact) mass is 279 g/mol. The molecule has 0 saturated carbocycles. The van der Waals surface area contributed by atoms with Crippen LogP contribution in [-0.4, -0.2) is 16.5 Å². The Morgan fingerprint density at radius 3 is 2.50 bits per heavy atom. The number of hydrogen-bond acceptors (Lipinski definition) is 5. The Labute approximate surface area is 115 Å². The van der Waals surface area contributed by atoms with Crippen LogP contribution in [0.1, 0.15) is 12.5 Å². The van der Waals surface area contributed by atoms with Crippen molar-refractivity contribution in [3.05, 3.63) is 41.5 Å². The van der Waals surface area contributed by atoms with E-state index < -0.39 is 11.6 Å². The molecule has 0 aliphatic heterocycles. The van der Waals surface area contributed by atoms with E-state index in [2.05, 4.69) is 20.6 Å². The number of nitrogen functional groups attached to an aromatic ring is 1. The number of anilines is 3. The summed E-state index contributed by atoms with van der Waals surface area (Å²) in [6.07, 6.45) is 0. The van der Waals surface area contributed by atoms with E-state index in [1.165, 1.54) is 0 Å². The summed E-state index contributed by atoms with van der Waals surface area (Å²) in [6.45, 7) is 2.72. The molecule has 0 spiro atoms. The summed E-state index contributed by atoms with van der Waals surface area (Å²) < 4.78 is 26.5. The van der Waals surface area contributed by atoms with Crippen molar-refractivity contribution >= 4 is 17.6 Å². The average Bonchev–Trinajstić information content (AvgIpc) is 2.40. The highest BCUT2D eigenvalue weighted by molar-refractivity contribution is 5.51. The first-order valence-corrected chi connectivity index (χ1v) is 6.14. The fraction of sp³-hybridized carbons (Fsp3) is 0.231. The van der Waals surface area contributed by atoms with Gasteiger partial charge in [0.2, 0.25) is 5.95 Å². The fourth-order valence-electron chi connectivity index (χ4n) is 1.69. The Morgan fingerprint density at radius 1 is 1.10 bits per heavy atom. The molecule has 4 N–H and O–H groups in total. The van der Waals surface area contributed by atoms with Gasteiger partial charge in [-0.1, -0.05) is 0 Å². The number of nitrogens with two attached hydrogens (primary N) is 1. The number of nitrogens with one attached hydrogen (secondary N) is 2. The van der Waals surface area contributed by atoms with Crippen molar-refractivity contribution in [3.63, 3.8) is 0 Å². The van der Waals surface area contributed by atoms with Crippen LogP contribution in [0.3, 0.4) is 0 Å². The van der Waals surface area contributed by atoms with Crippen LogP contribution in [0.2, 0.25) is 0 Å². The molecule has 0 saturated heterocycles. The van der Waals surface area contributed by atoms with Gasteiger partial charge in [0, 0.05) is 24.7 Å². The van der Waals surface area contributed by atoms with E-state index >= 15 is 0 Å². The van der Waals surface area contributed by atoms with Crippen LogP contribution in [0.5, 0.6) is 0 Å². The number of aromatic nitrogens is 2. The van der Waals surface area contributed by atoms with E-state index in [4.69, 9.17) is 5.73 Å². The summed E-state index contributed by atoms with van der Waals surface area (Å²) in [5, 5.41) is 5.89. The molecule has 106 valence electrons. The standard InChI is InChI=1S/C13H15F2N5/c1-2-17-11-6-12(20-13(16)19-11)18-7-8-5-9(14)3-4-10(8)15/h3-6H,2,7H2,1H3,(H4,16,17,18,19,20). The van der Waals surface area contributed by atoms with E-state index in [1.54, 1.807) is 6.07 Å². The topological polar surface area (TPSA) is 75.9 Å². The van der Waals surface area contributed by atoms with Crippen molar-refractivity contribution in [1.29, 1.82) is 0 Å². The molecular weight excluding hydrogens is 264 g/mol. The van der Waals surface area contributed by atoms with E-state index in [9.17, 15) is 8.78 Å². The van der Waals surface area contributed by atoms with Crippen molar-refractivity contribution < 1.29 is 8.78 Å². The molecule has 1 aromatic heterocycles. The molecule has 0 bridgehead atoms. The van der Waals surface area contributed by atoms with Crippen LogP contribution in [-0.2, 0) is 6.54 Å². The molecule has 1 heterocycles. The lowest BCUT2D eigenvalue weighted by Gasteiger charge is -2.09. The maximum absolute atomic E-state index is 13.5. The van der Waals surface area contributed by atoms with Crippen molar-refractivity contribution in [2.45, 2.75) is 13.5 Å². The van der Waals surface area contributed by atoms with Crippen LogP contribution in [0.4, 0.5) is 26.4 Å². The Balaban J connectivity index is 2.12. The fourth-order valence-corrected chi connectivity index (χ4v) is 1.69. The van der Waals surface area contributed by atoms with Crippen LogP contribution >= 0.6 is 0 Å². The van der Waals surface area contributed by atoms with E-state index in [0.29, 0.717) is 18.2 Å². The Morgan fingerprint density at radius 2 is 1.80 bits per heavy atom. The second-order valence-corrected chi connectivity index (χ2v) is 4.12. The first-order chi connectivity index (χ1) is 9.58. The molecule has 1 aromatic carbocycles. The number of hydrogen-bond donors (Lipinski definition) is 3. The highest BCUT2D eigenvalue weighted by Gasteiger charge is 2.06. The minimum Gasteiger partial charge on any atom is -0.370 e. The first kappa shape index (κ1) is 14.0. The number of halogens is 2. The third kappa shape index (κ3) is 3.53. The molecule has 2 aromatic rings. The normalized spacial score (nSPS) is 10.3. The van der Waals surface area contributed by atoms with Gasteiger partial charge >= 0.3 is 0 Å². The highest BCUT2D eigenvalue weighted by Crippen LogP contribution is 2.15. The van der Waals surface area contributed by atoms with Gasteiger partial charge in [0.25, 0.3) is 0 Å². The predicted molar refractivity (Wildman–Crippen MR) is 74.3 cm³/mol. The van der Waals surface area contributed by atoms with Crippen LogP contribution in [0.25, 0.3) is 0 Å². The zero-order valence-electron chi connectivity index (χ0n) is 11.0. The van der Waals surface area contributed by atoms with Gasteiger partial charge in [0.05, 0.1) is 0 Å². The maximum Gasteiger partial charge on any atom is 0.223 e. The van der Waals surface area contributed by atoms with Crippen molar-refractivity contribution in [2.75, 3.05) is 22.9 Å². The summed E-state index contributed by atoms with van der Waals surface area (Å²) in [4.78, 5) is 7.97. The smallest absolute Gasteiger partial charge is 0.223 e. The SMILES string of the molecule is CCNc1cc(NCc2cc(F)ccc2F)nc(N)n1. The van der Waals surface area contributed by atoms with Crippen molar-refractivity contribution in [3.8, 4) is 0 Å². The third-order valence-corrected chi connectivity index (χ3v) is 2.57. The largest absolute Gasteiger partial charge is 0.370 e. The van der Waals surface area contributed by atoms with Gasteiger partial charge in [0.15, 0.2) is 0 Å². The molecule has 0 atom stereocenters. The van der Waals surface area contributed by atoms with Gasteiger partial charge in [-0.2, -0.15) is 9.97 Å². The molecule has 7 heteroatoms. The second-order valence-electron chi connectivity index (χ2n) is 4.12. The molecular formula is C13H15F2N5. The first-order valence-electron chi connectivity index (χ1n) is 6.14. The summed E-state index contributed by atoms with van der Waals surface area (Å²) in [6, 6.07) is 4.95. The zero-order valence-corrected chi connectivity index (χ0v) is 11.0. The van der Waals surface area contributed by atoms with Gasteiger partial charge in [-0.25, -0.2) is 8.78 Å². The lowest BCUT2D eigenvalue weighted by molar-refractivity contribution is 0.587. The summed E-state index contributed by atoms with van der Waals surface area (Å²) >= 11 is 0. The van der Waals surface area contributed by atoms with Crippen LogP contribution in [0, 0.1) is 11.6 Å². The van der Waals surface area contributed by atoms with Crippen LogP contribution < -0.4 is 16.4 Å². The molecule has 0 aliphatic carbocycles. The molecule has 0 aliphatic rings. The van der Waals surface area contributed by atoms with Gasteiger partial charge in [0.1, 0.15) is 23.3 Å². The molecule has 20 heavy (non-hydrogen) atoms. The van der Waals surface area contributed by atoms with Gasteiger partial charge in [-0.3, -0.25) is 0 Å². The Bertz CT molecular complexity index is 603. The molecule has 5 nitrogen and oxygen atoms in total. The molecule has 0 fully saturated rings. The Kier molecular flexibility index (Phi) is 4.29. The van der Waals surface area contributed by atoms with Gasteiger partial charge in [-0.15, -0.1) is 0 Å². The van der Waals surface area contributed by atoms with Gasteiger partial charge in [-0.05, 0) is 25.1 Å². The van der Waals surface area contributed by atoms with E-state index in [-0.39, 0.29) is 18.1 Å². The summed E-state index contributed by atoms with van der Waals surface area (Å²) in [5.41, 5.74) is 5.79. The molecule has 0 unspecified atom stereocenters. The zero-order chi connectivity index (χ0) is 14.5. The average molecular weight is 279 g/mol. The minimum absolute atomic E-state index is 0.102. The minimum atomic E-state index is -0.487. The third-order valence-electron chi connectivity index (χ3n) is 2.57. The summed E-state index contributed by atoms with van der Waals surface area (Å²) in [5.74, 6) is 0.150. The lowest BCUT2D eigenvalue weighted by Crippen LogP contribution is -2.08. The van der Waals surface area contributed by atoms with E-state index in [0.717, 1.165) is 18.2 Å². The van der Waals surface area contributed by atoms with E-state index in [1.807, 2.05) is 6.92 Å². The number of benzene rings is 1. The highest BCUT2D eigenvalue weighted by atomic mass is 19.1. The number of rotatable bonds is 5. The molecule has 0 amide bonds. The second kappa shape index (κ2) is 6.14.